The van der Waals surface area contributed by atoms with E-state index in [1.54, 1.807) is 13.0 Å². The van der Waals surface area contributed by atoms with Crippen LogP contribution in [0.25, 0.3) is 0 Å². The first-order valence-corrected chi connectivity index (χ1v) is 2.17. The number of rotatable bonds is 1. The maximum Gasteiger partial charge on any atom is 0.155 e. The van der Waals surface area contributed by atoms with Gasteiger partial charge >= 0.3 is 0 Å². The topological polar surface area (TPSA) is 17.1 Å². The van der Waals surface area contributed by atoms with Crippen molar-refractivity contribution in [1.82, 2.24) is 0 Å². The molecule has 0 amide bonds. The average Bonchev–Trinajstić information content (AvgIpc) is 1.65. The van der Waals surface area contributed by atoms with Crippen molar-refractivity contribution >= 4 is 5.78 Å². The molecule has 1 heteroatoms. The van der Waals surface area contributed by atoms with E-state index in [1.807, 2.05) is 0 Å². The fourth-order valence-electron chi connectivity index (χ4n) is 0.203. The second-order valence-electron chi connectivity index (χ2n) is 1.37. The number of hydrogen-bond acceptors (Lipinski definition) is 1. The van der Waals surface area contributed by atoms with Gasteiger partial charge in [-0.2, -0.15) is 0 Å². The highest BCUT2D eigenvalue weighted by molar-refractivity contribution is 5.94. The summed E-state index contributed by atoms with van der Waals surface area (Å²) in [4.78, 5) is 10.2. The van der Waals surface area contributed by atoms with E-state index < -0.39 is 0 Å². The molecule has 0 bridgehead atoms. The van der Waals surface area contributed by atoms with Gasteiger partial charge in [-0.3, -0.25) is 4.79 Å². The number of carbonyl (C=O) groups excluding carboxylic acids is 1. The van der Waals surface area contributed by atoms with Crippen LogP contribution in [-0.2, 0) is 4.79 Å². The lowest BCUT2D eigenvalue weighted by molar-refractivity contribution is -0.113. The summed E-state index contributed by atoms with van der Waals surface area (Å²) in [6.45, 7) is 6.77. The molecule has 0 heterocycles. The van der Waals surface area contributed by atoms with Gasteiger partial charge in [0.25, 0.3) is 0 Å². The van der Waals surface area contributed by atoms with E-state index in [1.165, 1.54) is 6.92 Å². The minimum Gasteiger partial charge on any atom is -0.295 e. The minimum absolute atomic E-state index is 0.0440. The molecule has 1 nitrogen and oxygen atoms in total. The molecule has 0 fully saturated rings. The standard InChI is InChI=1S/C6H9O/c1-4-5(2)6(3)7/h4H,2H2,1,3H3/b5-4+. The molecule has 0 aliphatic rings. The van der Waals surface area contributed by atoms with Crippen LogP contribution in [0.3, 0.4) is 0 Å². The quantitative estimate of drug-likeness (QED) is 0.451. The van der Waals surface area contributed by atoms with Gasteiger partial charge in [-0.05, 0) is 26.3 Å². The molecule has 0 aromatic rings. The average molecular weight is 97.1 g/mol. The molecular weight excluding hydrogens is 88.1 g/mol. The van der Waals surface area contributed by atoms with E-state index >= 15 is 0 Å². The lowest BCUT2D eigenvalue weighted by Crippen LogP contribution is -1.88. The van der Waals surface area contributed by atoms with Crippen LogP contribution in [0.4, 0.5) is 0 Å². The summed E-state index contributed by atoms with van der Waals surface area (Å²) in [5.74, 6) is 0.0440. The summed E-state index contributed by atoms with van der Waals surface area (Å²) >= 11 is 0. The van der Waals surface area contributed by atoms with Gasteiger partial charge in [0.1, 0.15) is 0 Å². The highest BCUT2D eigenvalue weighted by Crippen LogP contribution is 1.89. The summed E-state index contributed by atoms with van der Waals surface area (Å²) in [6, 6.07) is 0. The third-order valence-corrected chi connectivity index (χ3v) is 0.801. The lowest BCUT2D eigenvalue weighted by atomic mass is 10.2. The summed E-state index contributed by atoms with van der Waals surface area (Å²) < 4.78 is 0. The zero-order valence-electron chi connectivity index (χ0n) is 4.69. The van der Waals surface area contributed by atoms with Gasteiger partial charge in [0.2, 0.25) is 0 Å². The third kappa shape index (κ3) is 2.15. The molecule has 0 aromatic heterocycles. The van der Waals surface area contributed by atoms with Gasteiger partial charge in [-0.15, -0.1) is 0 Å². The van der Waals surface area contributed by atoms with Crippen LogP contribution < -0.4 is 0 Å². The van der Waals surface area contributed by atoms with Gasteiger partial charge in [-0.1, -0.05) is 6.08 Å². The molecule has 0 aliphatic heterocycles. The summed E-state index contributed by atoms with van der Waals surface area (Å²) in [5.41, 5.74) is 0.583. The Balaban J connectivity index is 3.82. The SMILES string of the molecule is [CH2]/C(=C\C)C(C)=O. The predicted molar refractivity (Wildman–Crippen MR) is 29.8 cm³/mol. The molecule has 0 rings (SSSR count). The lowest BCUT2D eigenvalue weighted by Gasteiger charge is -1.85. The number of allylic oxidation sites excluding steroid dienone is 2. The van der Waals surface area contributed by atoms with Crippen molar-refractivity contribution in [3.8, 4) is 0 Å². The molecule has 39 valence electrons. The van der Waals surface area contributed by atoms with Gasteiger partial charge in [-0.25, -0.2) is 0 Å². The van der Waals surface area contributed by atoms with E-state index in [0.717, 1.165) is 0 Å². The summed E-state index contributed by atoms with van der Waals surface area (Å²) in [5, 5.41) is 0. The molecule has 0 saturated carbocycles. The predicted octanol–water partition coefficient (Wildman–Crippen LogP) is 1.36. The molecule has 0 aromatic carbocycles. The zero-order valence-corrected chi connectivity index (χ0v) is 4.69. The maximum atomic E-state index is 10.2. The van der Waals surface area contributed by atoms with Crippen LogP contribution in [0.15, 0.2) is 11.6 Å². The van der Waals surface area contributed by atoms with E-state index in [4.69, 9.17) is 0 Å². The Morgan fingerprint density at radius 1 is 1.71 bits per heavy atom. The van der Waals surface area contributed by atoms with Gasteiger partial charge in [0, 0.05) is 0 Å². The molecule has 0 atom stereocenters. The number of carbonyl (C=O) groups is 1. The van der Waals surface area contributed by atoms with E-state index in [2.05, 4.69) is 6.92 Å². The van der Waals surface area contributed by atoms with Crippen LogP contribution in [0.5, 0.6) is 0 Å². The van der Waals surface area contributed by atoms with Crippen LogP contribution in [0.1, 0.15) is 13.8 Å². The Hall–Kier alpha value is -0.590. The Kier molecular flexibility index (Phi) is 2.34. The number of hydrogen-bond donors (Lipinski definition) is 0. The molecule has 0 aliphatic carbocycles. The molecule has 1 radical (unpaired) electrons. The smallest absolute Gasteiger partial charge is 0.155 e. The van der Waals surface area contributed by atoms with Crippen molar-refractivity contribution < 1.29 is 4.79 Å². The Labute approximate surface area is 44.0 Å². The largest absolute Gasteiger partial charge is 0.295 e. The molecule has 7 heavy (non-hydrogen) atoms. The Bertz CT molecular complexity index is 101. The normalized spacial score (nSPS) is 11.6. The highest BCUT2D eigenvalue weighted by atomic mass is 16.1. The molecular formula is C6H9O. The van der Waals surface area contributed by atoms with Gasteiger partial charge in [0.05, 0.1) is 0 Å². The van der Waals surface area contributed by atoms with Crippen LogP contribution in [0, 0.1) is 6.92 Å². The van der Waals surface area contributed by atoms with Gasteiger partial charge < -0.3 is 0 Å². The third-order valence-electron chi connectivity index (χ3n) is 0.801. The Morgan fingerprint density at radius 2 is 2.14 bits per heavy atom. The molecule has 0 saturated heterocycles. The maximum absolute atomic E-state index is 10.2. The fraction of sp³-hybridized carbons (Fsp3) is 0.333. The Morgan fingerprint density at radius 3 is 2.14 bits per heavy atom. The first-order chi connectivity index (χ1) is 3.18. The first-order valence-electron chi connectivity index (χ1n) is 2.17. The highest BCUT2D eigenvalue weighted by Gasteiger charge is 1.89. The number of ketones is 1. The molecule has 0 unspecified atom stereocenters. The van der Waals surface area contributed by atoms with Crippen molar-refractivity contribution in [2.24, 2.45) is 0 Å². The van der Waals surface area contributed by atoms with Crippen LogP contribution >= 0.6 is 0 Å². The van der Waals surface area contributed by atoms with E-state index in [9.17, 15) is 4.79 Å². The van der Waals surface area contributed by atoms with Gasteiger partial charge in [0.15, 0.2) is 5.78 Å². The van der Waals surface area contributed by atoms with Crippen molar-refractivity contribution in [3.63, 3.8) is 0 Å². The van der Waals surface area contributed by atoms with Crippen molar-refractivity contribution in [3.05, 3.63) is 18.6 Å². The van der Waals surface area contributed by atoms with Crippen LogP contribution in [-0.4, -0.2) is 5.78 Å². The van der Waals surface area contributed by atoms with E-state index in [-0.39, 0.29) is 5.78 Å². The fourth-order valence-corrected chi connectivity index (χ4v) is 0.203. The summed E-state index contributed by atoms with van der Waals surface area (Å²) in [7, 11) is 0. The van der Waals surface area contributed by atoms with Crippen molar-refractivity contribution in [2.45, 2.75) is 13.8 Å². The van der Waals surface area contributed by atoms with E-state index in [0.29, 0.717) is 5.57 Å². The second kappa shape index (κ2) is 2.56. The summed E-state index contributed by atoms with van der Waals surface area (Å²) in [6.07, 6.45) is 1.70. The second-order valence-corrected chi connectivity index (χ2v) is 1.37. The van der Waals surface area contributed by atoms with Crippen molar-refractivity contribution in [1.29, 1.82) is 0 Å². The van der Waals surface area contributed by atoms with Crippen LogP contribution in [0.2, 0.25) is 0 Å². The monoisotopic (exact) mass is 97.1 g/mol. The van der Waals surface area contributed by atoms with Crippen molar-refractivity contribution in [2.75, 3.05) is 0 Å². The molecule has 0 spiro atoms. The molecule has 0 N–H and O–H groups in total. The minimum atomic E-state index is 0.0440. The number of Topliss-reactive ketones (excluding diaryl/α,β-unsaturated/α-hetero) is 1. The first kappa shape index (κ1) is 6.41. The zero-order chi connectivity index (χ0) is 5.86.